The van der Waals surface area contributed by atoms with Gasteiger partial charge in [-0.2, -0.15) is 0 Å². The van der Waals surface area contributed by atoms with Crippen LogP contribution in [0.2, 0.25) is 5.02 Å². The molecule has 1 aromatic carbocycles. The maximum absolute atomic E-state index is 12.7. The molecule has 1 saturated heterocycles. The molecule has 0 radical (unpaired) electrons. The minimum atomic E-state index is -0.670. The van der Waals surface area contributed by atoms with Gasteiger partial charge in [-0.15, -0.1) is 0 Å². The number of nitrogens with one attached hydrogen (secondary N) is 2. The van der Waals surface area contributed by atoms with Crippen LogP contribution in [0, 0.1) is 0 Å². The van der Waals surface area contributed by atoms with E-state index in [1.807, 2.05) is 12.1 Å². The summed E-state index contributed by atoms with van der Waals surface area (Å²) in [5.41, 5.74) is 0.656. The number of hydrogen-bond donors (Lipinski definition) is 2. The molecule has 1 aliphatic heterocycles. The van der Waals surface area contributed by atoms with Crippen molar-refractivity contribution >= 4 is 17.5 Å². The van der Waals surface area contributed by atoms with Crippen LogP contribution in [-0.4, -0.2) is 38.3 Å². The van der Waals surface area contributed by atoms with E-state index in [9.17, 15) is 4.79 Å². The largest absolute Gasteiger partial charge is 0.368 e. The minimum Gasteiger partial charge on any atom is -0.368 e. The van der Waals surface area contributed by atoms with Crippen LogP contribution in [-0.2, 0) is 14.9 Å². The van der Waals surface area contributed by atoms with E-state index < -0.39 is 5.60 Å². The summed E-state index contributed by atoms with van der Waals surface area (Å²) in [4.78, 5) is 12.7. The van der Waals surface area contributed by atoms with Crippen molar-refractivity contribution in [2.45, 2.75) is 43.1 Å². The maximum atomic E-state index is 12.7. The Hall–Kier alpha value is -1.10. The van der Waals surface area contributed by atoms with Gasteiger partial charge in [0.15, 0.2) is 0 Å². The molecule has 2 aliphatic rings. The van der Waals surface area contributed by atoms with Crippen LogP contribution < -0.4 is 10.6 Å². The fraction of sp³-hybridized carbons (Fsp3) is 0.611. The highest BCUT2D eigenvalue weighted by atomic mass is 35.5. The zero-order valence-corrected chi connectivity index (χ0v) is 14.4. The zero-order chi connectivity index (χ0) is 16.3. The lowest BCUT2D eigenvalue weighted by Gasteiger charge is -2.44. The second-order valence-corrected chi connectivity index (χ2v) is 7.21. The van der Waals surface area contributed by atoms with E-state index in [1.165, 1.54) is 12.0 Å². The molecule has 3 rings (SSSR count). The van der Waals surface area contributed by atoms with Crippen molar-refractivity contribution in [2.75, 3.05) is 26.7 Å². The van der Waals surface area contributed by atoms with E-state index in [-0.39, 0.29) is 11.3 Å². The van der Waals surface area contributed by atoms with Gasteiger partial charge in [-0.1, -0.05) is 30.2 Å². The number of methoxy groups -OCH3 is 1. The number of carbonyl (C=O) groups is 1. The number of halogens is 1. The summed E-state index contributed by atoms with van der Waals surface area (Å²) in [6, 6.07) is 8.04. The second kappa shape index (κ2) is 6.80. The van der Waals surface area contributed by atoms with Gasteiger partial charge in [0.1, 0.15) is 5.60 Å². The first-order chi connectivity index (χ1) is 11.1. The second-order valence-electron chi connectivity index (χ2n) is 6.77. The molecule has 1 heterocycles. The number of benzene rings is 1. The molecule has 1 aromatic rings. The molecular formula is C18H25ClN2O2. The lowest BCUT2D eigenvalue weighted by atomic mass is 9.64. The topological polar surface area (TPSA) is 50.4 Å². The Balaban J connectivity index is 1.68. The molecule has 0 aromatic heterocycles. The molecule has 0 bridgehead atoms. The highest BCUT2D eigenvalue weighted by Crippen LogP contribution is 2.43. The van der Waals surface area contributed by atoms with Gasteiger partial charge in [-0.05, 0) is 56.5 Å². The van der Waals surface area contributed by atoms with Crippen molar-refractivity contribution in [1.29, 1.82) is 0 Å². The highest BCUT2D eigenvalue weighted by Gasteiger charge is 2.43. The van der Waals surface area contributed by atoms with Gasteiger partial charge >= 0.3 is 0 Å². The number of carbonyl (C=O) groups excluding carboxylic acids is 1. The molecule has 4 nitrogen and oxygen atoms in total. The normalized spacial score (nSPS) is 22.2. The summed E-state index contributed by atoms with van der Waals surface area (Å²) in [5.74, 6) is 0.0294. The predicted octanol–water partition coefficient (Wildman–Crippen LogP) is 2.65. The quantitative estimate of drug-likeness (QED) is 0.869. The summed E-state index contributed by atoms with van der Waals surface area (Å²) in [5, 5.41) is 7.21. The van der Waals surface area contributed by atoms with E-state index in [0.717, 1.165) is 43.8 Å². The van der Waals surface area contributed by atoms with Crippen LogP contribution >= 0.6 is 11.6 Å². The lowest BCUT2D eigenvalue weighted by Crippen LogP contribution is -2.56. The van der Waals surface area contributed by atoms with Crippen LogP contribution in [0.3, 0.4) is 0 Å². The molecule has 23 heavy (non-hydrogen) atoms. The van der Waals surface area contributed by atoms with Crippen LogP contribution in [0.15, 0.2) is 24.3 Å². The van der Waals surface area contributed by atoms with Crippen LogP contribution in [0.1, 0.15) is 37.7 Å². The standard InChI is InChI=1S/C18H25ClN2O2/c1-23-18(9-11-20-12-10-18)16(22)21-13-17(7-2-8-17)14-3-5-15(19)6-4-14/h3-6,20H,2,7-13H2,1H3,(H,21,22). The first-order valence-corrected chi connectivity index (χ1v) is 8.78. The molecule has 0 spiro atoms. The molecule has 1 amide bonds. The number of piperidine rings is 1. The Bertz CT molecular complexity index is 549. The van der Waals surface area contributed by atoms with Gasteiger partial charge in [0.25, 0.3) is 5.91 Å². The van der Waals surface area contributed by atoms with Gasteiger partial charge in [-0.25, -0.2) is 0 Å². The predicted molar refractivity (Wildman–Crippen MR) is 91.8 cm³/mol. The van der Waals surface area contributed by atoms with E-state index in [1.54, 1.807) is 7.11 Å². The maximum Gasteiger partial charge on any atom is 0.252 e. The molecule has 2 fully saturated rings. The summed E-state index contributed by atoms with van der Waals surface area (Å²) >= 11 is 6.00. The van der Waals surface area contributed by atoms with Crippen LogP contribution in [0.5, 0.6) is 0 Å². The smallest absolute Gasteiger partial charge is 0.252 e. The number of ether oxygens (including phenoxy) is 1. The summed E-state index contributed by atoms with van der Waals surface area (Å²) in [6.45, 7) is 2.32. The fourth-order valence-corrected chi connectivity index (χ4v) is 3.87. The fourth-order valence-electron chi connectivity index (χ4n) is 3.74. The molecule has 1 aliphatic carbocycles. The summed E-state index contributed by atoms with van der Waals surface area (Å²) in [6.07, 6.45) is 4.87. The summed E-state index contributed by atoms with van der Waals surface area (Å²) in [7, 11) is 1.64. The third-order valence-electron chi connectivity index (χ3n) is 5.57. The van der Waals surface area contributed by atoms with Crippen LogP contribution in [0.25, 0.3) is 0 Å². The molecule has 1 saturated carbocycles. The third kappa shape index (κ3) is 3.25. The Morgan fingerprint density at radius 3 is 2.39 bits per heavy atom. The molecule has 2 N–H and O–H groups in total. The molecular weight excluding hydrogens is 312 g/mol. The van der Waals surface area contributed by atoms with Gasteiger partial charge in [-0.3, -0.25) is 4.79 Å². The monoisotopic (exact) mass is 336 g/mol. The van der Waals surface area contributed by atoms with Crippen molar-refractivity contribution < 1.29 is 9.53 Å². The average molecular weight is 337 g/mol. The van der Waals surface area contributed by atoms with Crippen molar-refractivity contribution in [3.05, 3.63) is 34.9 Å². The minimum absolute atomic E-state index is 0.0294. The number of amides is 1. The molecule has 0 atom stereocenters. The van der Waals surface area contributed by atoms with Crippen molar-refractivity contribution in [1.82, 2.24) is 10.6 Å². The Morgan fingerprint density at radius 2 is 1.87 bits per heavy atom. The first-order valence-electron chi connectivity index (χ1n) is 8.41. The SMILES string of the molecule is COC1(C(=O)NCC2(c3ccc(Cl)cc3)CCC2)CCNCC1. The van der Waals surface area contributed by atoms with E-state index in [0.29, 0.717) is 6.54 Å². The van der Waals surface area contributed by atoms with Crippen molar-refractivity contribution in [2.24, 2.45) is 0 Å². The molecule has 126 valence electrons. The average Bonchev–Trinajstić information content (AvgIpc) is 2.55. The van der Waals surface area contributed by atoms with E-state index in [2.05, 4.69) is 22.8 Å². The zero-order valence-electron chi connectivity index (χ0n) is 13.7. The Morgan fingerprint density at radius 1 is 1.22 bits per heavy atom. The number of rotatable bonds is 5. The van der Waals surface area contributed by atoms with E-state index in [4.69, 9.17) is 16.3 Å². The van der Waals surface area contributed by atoms with Crippen molar-refractivity contribution in [3.63, 3.8) is 0 Å². The number of hydrogen-bond acceptors (Lipinski definition) is 3. The van der Waals surface area contributed by atoms with Gasteiger partial charge in [0.05, 0.1) is 0 Å². The van der Waals surface area contributed by atoms with Gasteiger partial charge in [0, 0.05) is 24.1 Å². The van der Waals surface area contributed by atoms with Gasteiger partial charge < -0.3 is 15.4 Å². The highest BCUT2D eigenvalue weighted by molar-refractivity contribution is 6.30. The molecule has 5 heteroatoms. The van der Waals surface area contributed by atoms with Crippen molar-refractivity contribution in [3.8, 4) is 0 Å². The Kier molecular flexibility index (Phi) is 4.95. The third-order valence-corrected chi connectivity index (χ3v) is 5.82. The molecule has 0 unspecified atom stereocenters. The van der Waals surface area contributed by atoms with E-state index >= 15 is 0 Å². The first kappa shape index (κ1) is 16.7. The van der Waals surface area contributed by atoms with Gasteiger partial charge in [0.2, 0.25) is 0 Å². The summed E-state index contributed by atoms with van der Waals surface area (Å²) < 4.78 is 5.61. The Labute approximate surface area is 142 Å². The lowest BCUT2D eigenvalue weighted by molar-refractivity contribution is -0.147. The van der Waals surface area contributed by atoms with Crippen LogP contribution in [0.4, 0.5) is 0 Å².